The monoisotopic (exact) mass is 420 g/mol. The molecule has 1 N–H and O–H groups in total. The maximum absolute atomic E-state index is 12.3. The second kappa shape index (κ2) is 7.34. The van der Waals surface area contributed by atoms with Crippen LogP contribution in [0.2, 0.25) is 0 Å². The molecule has 1 fully saturated rings. The third-order valence-electron chi connectivity index (χ3n) is 4.35. The van der Waals surface area contributed by atoms with Crippen LogP contribution in [0.3, 0.4) is 0 Å². The number of carbonyl (C=O) groups excluding carboxylic acids is 1. The molecule has 3 rings (SSSR count). The smallest absolute Gasteiger partial charge is 0.255 e. The van der Waals surface area contributed by atoms with Crippen molar-refractivity contribution in [3.63, 3.8) is 0 Å². The van der Waals surface area contributed by atoms with Crippen LogP contribution in [0.15, 0.2) is 48.5 Å². The van der Waals surface area contributed by atoms with E-state index in [2.05, 4.69) is 51.9 Å². The van der Waals surface area contributed by atoms with Crippen LogP contribution in [0, 0.1) is 3.57 Å². The molecule has 1 aliphatic rings. The molecule has 4 heteroatoms. The number of rotatable bonds is 3. The van der Waals surface area contributed by atoms with Gasteiger partial charge in [0.1, 0.15) is 0 Å². The van der Waals surface area contributed by atoms with Crippen molar-refractivity contribution < 1.29 is 4.79 Å². The Morgan fingerprint density at radius 3 is 2.65 bits per heavy atom. The third kappa shape index (κ3) is 4.05. The molecule has 0 radical (unpaired) electrons. The minimum absolute atomic E-state index is 0.0670. The molecule has 1 saturated heterocycles. The SMILES string of the molecule is C[C@@H]1CCCCN1c1ccc(NC(=O)c2cccc(I)c2)cc1. The summed E-state index contributed by atoms with van der Waals surface area (Å²) in [6, 6.07) is 16.4. The molecule has 0 bridgehead atoms. The number of benzene rings is 2. The van der Waals surface area contributed by atoms with Gasteiger partial charge in [-0.05, 0) is 91.2 Å². The first-order valence-electron chi connectivity index (χ1n) is 8.07. The summed E-state index contributed by atoms with van der Waals surface area (Å²) in [5.41, 5.74) is 2.76. The van der Waals surface area contributed by atoms with Gasteiger partial charge in [0, 0.05) is 33.1 Å². The Balaban J connectivity index is 1.69. The van der Waals surface area contributed by atoms with Crippen LogP contribution in [0.4, 0.5) is 11.4 Å². The highest BCUT2D eigenvalue weighted by Crippen LogP contribution is 2.26. The summed E-state index contributed by atoms with van der Waals surface area (Å²) >= 11 is 2.22. The molecule has 23 heavy (non-hydrogen) atoms. The van der Waals surface area contributed by atoms with Crippen LogP contribution in [0.1, 0.15) is 36.5 Å². The summed E-state index contributed by atoms with van der Waals surface area (Å²) in [6.07, 6.45) is 3.84. The van der Waals surface area contributed by atoms with E-state index in [1.54, 1.807) is 0 Å². The van der Waals surface area contributed by atoms with E-state index in [4.69, 9.17) is 0 Å². The van der Waals surface area contributed by atoms with Gasteiger partial charge in [-0.15, -0.1) is 0 Å². The second-order valence-corrected chi connectivity index (χ2v) is 7.30. The molecule has 1 heterocycles. The van der Waals surface area contributed by atoms with Gasteiger partial charge in [0.25, 0.3) is 5.91 Å². The number of nitrogens with zero attached hydrogens (tertiary/aromatic N) is 1. The van der Waals surface area contributed by atoms with Crippen LogP contribution in [-0.2, 0) is 0 Å². The van der Waals surface area contributed by atoms with Gasteiger partial charge in [-0.25, -0.2) is 0 Å². The highest BCUT2D eigenvalue weighted by Gasteiger charge is 2.18. The van der Waals surface area contributed by atoms with Crippen LogP contribution in [-0.4, -0.2) is 18.5 Å². The standard InChI is InChI=1S/C19H21IN2O/c1-14-5-2-3-12-22(14)18-10-8-17(9-11-18)21-19(23)15-6-4-7-16(20)13-15/h4,6-11,13-14H,2-3,5,12H2,1H3,(H,21,23)/t14-/m1/s1. The topological polar surface area (TPSA) is 32.3 Å². The number of hydrogen-bond acceptors (Lipinski definition) is 2. The van der Waals surface area contributed by atoms with Crippen molar-refractivity contribution in [1.29, 1.82) is 0 Å². The molecule has 3 nitrogen and oxygen atoms in total. The second-order valence-electron chi connectivity index (χ2n) is 6.05. The molecule has 0 saturated carbocycles. The Morgan fingerprint density at radius 2 is 1.96 bits per heavy atom. The van der Waals surface area contributed by atoms with E-state index < -0.39 is 0 Å². The Labute approximate surface area is 151 Å². The predicted molar refractivity (Wildman–Crippen MR) is 104 cm³/mol. The van der Waals surface area contributed by atoms with Crippen molar-refractivity contribution in [2.24, 2.45) is 0 Å². The van der Waals surface area contributed by atoms with Crippen LogP contribution in [0.25, 0.3) is 0 Å². The summed E-state index contributed by atoms with van der Waals surface area (Å²) in [6.45, 7) is 3.40. The zero-order valence-corrected chi connectivity index (χ0v) is 15.4. The van der Waals surface area contributed by atoms with Crippen molar-refractivity contribution >= 4 is 39.9 Å². The normalized spacial score (nSPS) is 17.8. The Kier molecular flexibility index (Phi) is 5.20. The number of piperidine rings is 1. The molecular formula is C19H21IN2O. The fraction of sp³-hybridized carbons (Fsp3) is 0.316. The first kappa shape index (κ1) is 16.3. The quantitative estimate of drug-likeness (QED) is 0.715. The number of nitrogens with one attached hydrogen (secondary N) is 1. The minimum atomic E-state index is -0.0670. The van der Waals surface area contributed by atoms with Gasteiger partial charge in [-0.3, -0.25) is 4.79 Å². The van der Waals surface area contributed by atoms with Gasteiger partial charge >= 0.3 is 0 Å². The number of halogens is 1. The number of anilines is 2. The molecule has 0 spiro atoms. The Bertz CT molecular complexity index is 684. The average molecular weight is 420 g/mol. The molecule has 1 atom stereocenters. The number of hydrogen-bond donors (Lipinski definition) is 1. The van der Waals surface area contributed by atoms with E-state index in [9.17, 15) is 4.79 Å². The zero-order valence-electron chi connectivity index (χ0n) is 13.3. The van der Waals surface area contributed by atoms with E-state index in [0.29, 0.717) is 11.6 Å². The van der Waals surface area contributed by atoms with E-state index in [0.717, 1.165) is 15.8 Å². The van der Waals surface area contributed by atoms with Gasteiger partial charge in [-0.1, -0.05) is 6.07 Å². The first-order chi connectivity index (χ1) is 11.1. The lowest BCUT2D eigenvalue weighted by molar-refractivity contribution is 0.102. The van der Waals surface area contributed by atoms with Gasteiger partial charge in [-0.2, -0.15) is 0 Å². The van der Waals surface area contributed by atoms with Gasteiger partial charge in [0.15, 0.2) is 0 Å². The summed E-state index contributed by atoms with van der Waals surface area (Å²) in [5.74, 6) is -0.0670. The van der Waals surface area contributed by atoms with Crippen molar-refractivity contribution in [3.05, 3.63) is 57.7 Å². The maximum Gasteiger partial charge on any atom is 0.255 e. The largest absolute Gasteiger partial charge is 0.369 e. The van der Waals surface area contributed by atoms with Crippen LogP contribution >= 0.6 is 22.6 Å². The fourth-order valence-corrected chi connectivity index (χ4v) is 3.59. The summed E-state index contributed by atoms with van der Waals surface area (Å²) in [5, 5.41) is 2.97. The first-order valence-corrected chi connectivity index (χ1v) is 9.15. The average Bonchev–Trinajstić information content (AvgIpc) is 2.56. The van der Waals surface area contributed by atoms with E-state index in [1.807, 2.05) is 36.4 Å². The number of carbonyl (C=O) groups is 1. The molecule has 1 amide bonds. The van der Waals surface area contributed by atoms with Crippen molar-refractivity contribution in [1.82, 2.24) is 0 Å². The minimum Gasteiger partial charge on any atom is -0.369 e. The summed E-state index contributed by atoms with van der Waals surface area (Å²) in [7, 11) is 0. The van der Waals surface area contributed by atoms with Gasteiger partial charge in [0.05, 0.1) is 0 Å². The summed E-state index contributed by atoms with van der Waals surface area (Å²) in [4.78, 5) is 14.7. The molecule has 0 aromatic heterocycles. The molecule has 0 aliphatic carbocycles. The lowest BCUT2D eigenvalue weighted by Gasteiger charge is -2.35. The van der Waals surface area contributed by atoms with Crippen LogP contribution in [0.5, 0.6) is 0 Å². The molecule has 2 aromatic carbocycles. The zero-order chi connectivity index (χ0) is 16.2. The Hall–Kier alpha value is -1.56. The third-order valence-corrected chi connectivity index (χ3v) is 5.02. The molecule has 0 unspecified atom stereocenters. The van der Waals surface area contributed by atoms with Crippen molar-refractivity contribution in [3.8, 4) is 0 Å². The summed E-state index contributed by atoms with van der Waals surface area (Å²) < 4.78 is 1.06. The van der Waals surface area contributed by atoms with E-state index >= 15 is 0 Å². The lowest BCUT2D eigenvalue weighted by Crippen LogP contribution is -2.37. The highest BCUT2D eigenvalue weighted by molar-refractivity contribution is 14.1. The molecule has 120 valence electrons. The van der Waals surface area contributed by atoms with Crippen molar-refractivity contribution in [2.75, 3.05) is 16.8 Å². The van der Waals surface area contributed by atoms with Gasteiger partial charge < -0.3 is 10.2 Å². The lowest BCUT2D eigenvalue weighted by atomic mass is 10.0. The van der Waals surface area contributed by atoms with E-state index in [1.165, 1.54) is 24.9 Å². The van der Waals surface area contributed by atoms with Crippen molar-refractivity contribution in [2.45, 2.75) is 32.2 Å². The molecule has 2 aromatic rings. The maximum atomic E-state index is 12.3. The highest BCUT2D eigenvalue weighted by atomic mass is 127. The van der Waals surface area contributed by atoms with Crippen LogP contribution < -0.4 is 10.2 Å². The van der Waals surface area contributed by atoms with E-state index in [-0.39, 0.29) is 5.91 Å². The predicted octanol–water partition coefficient (Wildman–Crippen LogP) is 4.92. The number of amides is 1. The Morgan fingerprint density at radius 1 is 1.17 bits per heavy atom. The van der Waals surface area contributed by atoms with Gasteiger partial charge in [0.2, 0.25) is 0 Å². The molecule has 1 aliphatic heterocycles. The fourth-order valence-electron chi connectivity index (χ4n) is 3.05. The molecular weight excluding hydrogens is 399 g/mol.